The molecule has 158 valence electrons. The van der Waals surface area contributed by atoms with E-state index >= 15 is 0 Å². The number of ether oxygens (including phenoxy) is 2. The first-order valence-corrected chi connectivity index (χ1v) is 9.35. The Bertz CT molecular complexity index is 870. The minimum Gasteiger partial charge on any atom is -0.479 e. The zero-order valence-electron chi connectivity index (χ0n) is 16.1. The molecular formula is C21H22N2O7. The molecule has 3 rings (SSSR count). The van der Waals surface area contributed by atoms with Crippen LogP contribution in [-0.2, 0) is 23.9 Å². The van der Waals surface area contributed by atoms with E-state index in [1.54, 1.807) is 0 Å². The molecule has 0 saturated heterocycles. The van der Waals surface area contributed by atoms with Gasteiger partial charge >= 0.3 is 12.1 Å². The van der Waals surface area contributed by atoms with Gasteiger partial charge in [-0.05, 0) is 22.3 Å². The molecule has 0 spiro atoms. The summed E-state index contributed by atoms with van der Waals surface area (Å²) in [5.74, 6) is -1.85. The summed E-state index contributed by atoms with van der Waals surface area (Å²) in [5.41, 5.74) is 6.49. The first-order valence-electron chi connectivity index (χ1n) is 9.35. The number of carboxylic acids is 1. The Morgan fingerprint density at radius 1 is 0.933 bits per heavy atom. The highest BCUT2D eigenvalue weighted by Crippen LogP contribution is 2.44. The van der Waals surface area contributed by atoms with Crippen LogP contribution in [0.5, 0.6) is 0 Å². The Morgan fingerprint density at radius 2 is 1.57 bits per heavy atom. The first-order chi connectivity index (χ1) is 14.6. The lowest BCUT2D eigenvalue weighted by atomic mass is 9.98. The maximum atomic E-state index is 12.0. The van der Waals surface area contributed by atoms with Crippen LogP contribution in [0.1, 0.15) is 17.0 Å². The molecule has 2 aromatic rings. The van der Waals surface area contributed by atoms with Crippen LogP contribution in [0.15, 0.2) is 48.5 Å². The number of aliphatic carboxylic acids is 1. The van der Waals surface area contributed by atoms with Crippen molar-refractivity contribution in [2.75, 3.05) is 33.0 Å². The lowest BCUT2D eigenvalue weighted by Gasteiger charge is -2.14. The lowest BCUT2D eigenvalue weighted by molar-refractivity contribution is -0.150. The van der Waals surface area contributed by atoms with Gasteiger partial charge in [0.05, 0.1) is 6.61 Å². The Balaban J connectivity index is 1.37. The standard InChI is InChI=1S/C21H22N2O7/c24-19(23-30-13-20(25)26)12-28-10-9-22-21(27)29-11-18-16-7-3-1-5-14(16)15-6-2-4-8-17(15)18/h1-8,18H,9-13H2,(H,22,27)(H,23,24)(H,25,26). The predicted molar refractivity (Wildman–Crippen MR) is 106 cm³/mol. The van der Waals surface area contributed by atoms with Gasteiger partial charge in [-0.25, -0.2) is 15.1 Å². The highest BCUT2D eigenvalue weighted by molar-refractivity contribution is 5.79. The van der Waals surface area contributed by atoms with Crippen LogP contribution < -0.4 is 10.8 Å². The van der Waals surface area contributed by atoms with Crippen molar-refractivity contribution in [3.05, 3.63) is 59.7 Å². The molecule has 0 radical (unpaired) electrons. The largest absolute Gasteiger partial charge is 0.479 e. The first kappa shape index (κ1) is 21.3. The Kier molecular flexibility index (Phi) is 7.36. The molecule has 0 fully saturated rings. The smallest absolute Gasteiger partial charge is 0.407 e. The second-order valence-electron chi connectivity index (χ2n) is 6.51. The third-order valence-electron chi connectivity index (χ3n) is 4.47. The summed E-state index contributed by atoms with van der Waals surface area (Å²) in [5, 5.41) is 10.9. The van der Waals surface area contributed by atoms with E-state index in [-0.39, 0.29) is 32.3 Å². The van der Waals surface area contributed by atoms with Crippen molar-refractivity contribution in [3.8, 4) is 11.1 Å². The monoisotopic (exact) mass is 414 g/mol. The van der Waals surface area contributed by atoms with Gasteiger partial charge in [0.1, 0.15) is 13.2 Å². The van der Waals surface area contributed by atoms with Crippen molar-refractivity contribution < 1.29 is 33.8 Å². The fourth-order valence-electron chi connectivity index (χ4n) is 3.25. The summed E-state index contributed by atoms with van der Waals surface area (Å²) in [7, 11) is 0. The number of hydrogen-bond donors (Lipinski definition) is 3. The predicted octanol–water partition coefficient (Wildman–Crippen LogP) is 1.67. The summed E-state index contributed by atoms with van der Waals surface area (Å²) in [6, 6.07) is 16.1. The molecule has 0 aromatic heterocycles. The molecular weight excluding hydrogens is 392 g/mol. The van der Waals surface area contributed by atoms with Gasteiger partial charge in [0, 0.05) is 12.5 Å². The topological polar surface area (TPSA) is 123 Å². The zero-order chi connectivity index (χ0) is 21.3. The molecule has 1 aliphatic rings. The van der Waals surface area contributed by atoms with Gasteiger partial charge < -0.3 is 19.9 Å². The minimum absolute atomic E-state index is 0.0195. The average Bonchev–Trinajstić information content (AvgIpc) is 3.05. The SMILES string of the molecule is O=C(O)CONC(=O)COCCNC(=O)OCC1c2ccccc2-c2ccccc21. The summed E-state index contributed by atoms with van der Waals surface area (Å²) in [4.78, 5) is 37.9. The quantitative estimate of drug-likeness (QED) is 0.399. The van der Waals surface area contributed by atoms with Gasteiger partial charge in [-0.1, -0.05) is 48.5 Å². The molecule has 0 saturated carbocycles. The van der Waals surface area contributed by atoms with E-state index in [4.69, 9.17) is 14.6 Å². The van der Waals surface area contributed by atoms with E-state index in [0.717, 1.165) is 22.3 Å². The fourth-order valence-corrected chi connectivity index (χ4v) is 3.25. The number of rotatable bonds is 10. The summed E-state index contributed by atoms with van der Waals surface area (Å²) in [6.45, 7) is -0.526. The van der Waals surface area contributed by atoms with E-state index in [1.807, 2.05) is 41.9 Å². The van der Waals surface area contributed by atoms with Crippen LogP contribution in [0.3, 0.4) is 0 Å². The van der Waals surface area contributed by atoms with Crippen molar-refractivity contribution in [1.29, 1.82) is 0 Å². The summed E-state index contributed by atoms with van der Waals surface area (Å²) < 4.78 is 10.4. The molecule has 30 heavy (non-hydrogen) atoms. The van der Waals surface area contributed by atoms with Crippen LogP contribution in [0.25, 0.3) is 11.1 Å². The van der Waals surface area contributed by atoms with Crippen LogP contribution in [0.2, 0.25) is 0 Å². The molecule has 0 heterocycles. The van der Waals surface area contributed by atoms with E-state index in [0.29, 0.717) is 0 Å². The Hall–Kier alpha value is -3.43. The zero-order valence-corrected chi connectivity index (χ0v) is 16.1. The normalized spacial score (nSPS) is 12.0. The van der Waals surface area contributed by atoms with Gasteiger partial charge in [0.25, 0.3) is 5.91 Å². The van der Waals surface area contributed by atoms with Gasteiger partial charge in [0.15, 0.2) is 6.61 Å². The number of carbonyl (C=O) groups is 3. The summed E-state index contributed by atoms with van der Waals surface area (Å²) >= 11 is 0. The van der Waals surface area contributed by atoms with Gasteiger partial charge in [-0.2, -0.15) is 0 Å². The number of fused-ring (bicyclic) bond motifs is 3. The van der Waals surface area contributed by atoms with Crippen molar-refractivity contribution in [2.24, 2.45) is 0 Å². The van der Waals surface area contributed by atoms with Crippen LogP contribution in [-0.4, -0.2) is 56.0 Å². The average molecular weight is 414 g/mol. The fraction of sp³-hybridized carbons (Fsp3) is 0.286. The number of carboxylic acid groups (broad SMARTS) is 1. The van der Waals surface area contributed by atoms with Gasteiger partial charge in [0.2, 0.25) is 0 Å². The van der Waals surface area contributed by atoms with Crippen molar-refractivity contribution in [3.63, 3.8) is 0 Å². The molecule has 9 heteroatoms. The molecule has 0 unspecified atom stereocenters. The molecule has 0 aliphatic heterocycles. The van der Waals surface area contributed by atoms with Crippen LogP contribution in [0.4, 0.5) is 4.79 Å². The number of nitrogens with one attached hydrogen (secondary N) is 2. The van der Waals surface area contributed by atoms with E-state index in [1.165, 1.54) is 0 Å². The van der Waals surface area contributed by atoms with E-state index in [9.17, 15) is 14.4 Å². The number of hydrogen-bond acceptors (Lipinski definition) is 6. The molecule has 0 atom stereocenters. The number of carbonyl (C=O) groups excluding carboxylic acids is 2. The highest BCUT2D eigenvalue weighted by Gasteiger charge is 2.28. The van der Waals surface area contributed by atoms with Crippen molar-refractivity contribution in [1.82, 2.24) is 10.8 Å². The van der Waals surface area contributed by atoms with Gasteiger partial charge in [-0.3, -0.25) is 9.63 Å². The maximum Gasteiger partial charge on any atom is 0.407 e. The minimum atomic E-state index is -1.21. The molecule has 1 aliphatic carbocycles. The van der Waals surface area contributed by atoms with Crippen LogP contribution >= 0.6 is 0 Å². The number of benzene rings is 2. The third kappa shape index (κ3) is 5.56. The highest BCUT2D eigenvalue weighted by atomic mass is 16.7. The molecule has 9 nitrogen and oxygen atoms in total. The number of alkyl carbamates (subject to hydrolysis) is 1. The van der Waals surface area contributed by atoms with Gasteiger partial charge in [-0.15, -0.1) is 0 Å². The number of hydroxylamine groups is 1. The summed E-state index contributed by atoms with van der Waals surface area (Å²) in [6.07, 6.45) is -0.574. The Labute approximate surface area is 172 Å². The maximum absolute atomic E-state index is 12.0. The van der Waals surface area contributed by atoms with Crippen molar-refractivity contribution in [2.45, 2.75) is 5.92 Å². The second-order valence-corrected chi connectivity index (χ2v) is 6.51. The van der Waals surface area contributed by atoms with E-state index in [2.05, 4.69) is 22.3 Å². The number of amides is 2. The van der Waals surface area contributed by atoms with E-state index < -0.39 is 24.6 Å². The third-order valence-corrected chi connectivity index (χ3v) is 4.47. The lowest BCUT2D eigenvalue weighted by Crippen LogP contribution is -2.32. The molecule has 2 amide bonds. The second kappa shape index (κ2) is 10.4. The molecule has 0 bridgehead atoms. The molecule has 2 aromatic carbocycles. The van der Waals surface area contributed by atoms with Crippen molar-refractivity contribution >= 4 is 18.0 Å². The van der Waals surface area contributed by atoms with Crippen LogP contribution in [0, 0.1) is 0 Å². The Morgan fingerprint density at radius 3 is 2.20 bits per heavy atom. The molecule has 3 N–H and O–H groups in total.